The molecule has 18 heavy (non-hydrogen) atoms. The molecule has 0 spiro atoms. The van der Waals surface area contributed by atoms with Gasteiger partial charge in [-0.25, -0.2) is 0 Å². The summed E-state index contributed by atoms with van der Waals surface area (Å²) in [5.41, 5.74) is 0.315. The molecule has 3 nitrogen and oxygen atoms in total. The fraction of sp³-hybridized carbons (Fsp3) is 0.933. The Hall–Kier alpha value is -0.570. The number of nitrogens with zero attached hydrogens (tertiary/aromatic N) is 1. The van der Waals surface area contributed by atoms with E-state index in [9.17, 15) is 4.79 Å². The summed E-state index contributed by atoms with van der Waals surface area (Å²) in [6, 6.07) is 0.487. The summed E-state index contributed by atoms with van der Waals surface area (Å²) in [4.78, 5) is 14.3. The van der Waals surface area contributed by atoms with Gasteiger partial charge in [-0.3, -0.25) is 4.79 Å². The predicted octanol–water partition coefficient (Wildman–Crippen LogP) is 2.66. The Balaban J connectivity index is 2.40. The number of likely N-dealkylation sites (tertiary alicyclic amines) is 1. The van der Waals surface area contributed by atoms with Gasteiger partial charge in [0, 0.05) is 25.6 Å². The van der Waals surface area contributed by atoms with Crippen molar-refractivity contribution in [2.24, 2.45) is 11.3 Å². The van der Waals surface area contributed by atoms with Crippen molar-refractivity contribution in [3.8, 4) is 0 Å². The second kappa shape index (κ2) is 6.55. The second-order valence-corrected chi connectivity index (χ2v) is 7.04. The summed E-state index contributed by atoms with van der Waals surface area (Å²) in [5.74, 6) is 0.819. The van der Waals surface area contributed by atoms with E-state index >= 15 is 0 Å². The van der Waals surface area contributed by atoms with Gasteiger partial charge in [0.1, 0.15) is 0 Å². The van der Waals surface area contributed by atoms with Crippen LogP contribution in [0.5, 0.6) is 0 Å². The minimum atomic E-state index is 0.315. The minimum Gasteiger partial charge on any atom is -0.341 e. The van der Waals surface area contributed by atoms with Crippen LogP contribution in [0, 0.1) is 11.3 Å². The maximum Gasteiger partial charge on any atom is 0.222 e. The van der Waals surface area contributed by atoms with Crippen molar-refractivity contribution in [2.45, 2.75) is 59.4 Å². The molecule has 0 aromatic carbocycles. The molecule has 106 valence electrons. The van der Waals surface area contributed by atoms with E-state index in [1.54, 1.807) is 0 Å². The second-order valence-electron chi connectivity index (χ2n) is 7.04. The lowest BCUT2D eigenvalue weighted by Gasteiger charge is -2.33. The summed E-state index contributed by atoms with van der Waals surface area (Å²) < 4.78 is 0. The van der Waals surface area contributed by atoms with E-state index in [0.717, 1.165) is 25.9 Å². The van der Waals surface area contributed by atoms with Crippen LogP contribution < -0.4 is 5.32 Å². The SMILES string of the molecule is CNC1CCCN(C(=O)CC(C)CC(C)(C)C)C1. The summed E-state index contributed by atoms with van der Waals surface area (Å²) in [6.07, 6.45) is 4.14. The maximum absolute atomic E-state index is 12.3. The van der Waals surface area contributed by atoms with Crippen LogP contribution in [-0.4, -0.2) is 37.0 Å². The lowest BCUT2D eigenvalue weighted by Crippen LogP contribution is -2.47. The van der Waals surface area contributed by atoms with Gasteiger partial charge in [0.25, 0.3) is 0 Å². The molecule has 1 N–H and O–H groups in total. The molecule has 3 heteroatoms. The van der Waals surface area contributed by atoms with Crippen molar-refractivity contribution < 1.29 is 4.79 Å². The monoisotopic (exact) mass is 254 g/mol. The molecule has 1 aliphatic rings. The molecule has 0 saturated carbocycles. The average molecular weight is 254 g/mol. The van der Waals surface area contributed by atoms with E-state index in [4.69, 9.17) is 0 Å². The fourth-order valence-electron chi connectivity index (χ4n) is 2.98. The van der Waals surface area contributed by atoms with Crippen LogP contribution in [0.1, 0.15) is 53.4 Å². The number of hydrogen-bond acceptors (Lipinski definition) is 2. The standard InChI is InChI=1S/C15H30N2O/c1-12(10-15(2,3)4)9-14(18)17-8-6-7-13(11-17)16-5/h12-13,16H,6-11H2,1-5H3. The van der Waals surface area contributed by atoms with Crippen LogP contribution in [0.15, 0.2) is 0 Å². The van der Waals surface area contributed by atoms with Crippen LogP contribution in [0.25, 0.3) is 0 Å². The lowest BCUT2D eigenvalue weighted by molar-refractivity contribution is -0.133. The Bertz CT molecular complexity index is 270. The van der Waals surface area contributed by atoms with E-state index in [2.05, 4.69) is 33.0 Å². The van der Waals surface area contributed by atoms with Gasteiger partial charge in [0.05, 0.1) is 0 Å². The Kier molecular flexibility index (Phi) is 5.64. The topological polar surface area (TPSA) is 32.3 Å². The third-order valence-electron chi connectivity index (χ3n) is 3.67. The van der Waals surface area contributed by atoms with Crippen LogP contribution in [-0.2, 0) is 4.79 Å². The number of hydrogen-bond donors (Lipinski definition) is 1. The Morgan fingerprint density at radius 1 is 1.44 bits per heavy atom. The molecule has 1 aliphatic heterocycles. The van der Waals surface area contributed by atoms with Crippen molar-refractivity contribution in [1.29, 1.82) is 0 Å². The molecule has 0 aliphatic carbocycles. The number of nitrogens with one attached hydrogen (secondary N) is 1. The zero-order valence-corrected chi connectivity index (χ0v) is 12.8. The van der Waals surface area contributed by atoms with E-state index in [1.807, 2.05) is 11.9 Å². The molecular formula is C15H30N2O. The number of amides is 1. The zero-order chi connectivity index (χ0) is 13.8. The number of carbonyl (C=O) groups is 1. The molecule has 1 amide bonds. The zero-order valence-electron chi connectivity index (χ0n) is 12.8. The minimum absolute atomic E-state index is 0.315. The first-order valence-corrected chi connectivity index (χ1v) is 7.27. The molecule has 2 unspecified atom stereocenters. The first kappa shape index (κ1) is 15.5. The molecule has 0 aromatic rings. The van der Waals surface area contributed by atoms with Crippen molar-refractivity contribution in [3.63, 3.8) is 0 Å². The van der Waals surface area contributed by atoms with Gasteiger partial charge in [-0.05, 0) is 37.6 Å². The van der Waals surface area contributed by atoms with Gasteiger partial charge in [0.15, 0.2) is 0 Å². The van der Waals surface area contributed by atoms with Gasteiger partial charge in [0.2, 0.25) is 5.91 Å². The van der Waals surface area contributed by atoms with E-state index in [0.29, 0.717) is 29.7 Å². The summed E-state index contributed by atoms with van der Waals surface area (Å²) in [7, 11) is 1.99. The molecule has 1 rings (SSSR count). The highest BCUT2D eigenvalue weighted by molar-refractivity contribution is 5.76. The number of likely N-dealkylation sites (N-methyl/N-ethyl adjacent to an activating group) is 1. The summed E-state index contributed by atoms with van der Waals surface area (Å²) in [6.45, 7) is 10.8. The Morgan fingerprint density at radius 2 is 2.11 bits per heavy atom. The highest BCUT2D eigenvalue weighted by Crippen LogP contribution is 2.26. The first-order valence-electron chi connectivity index (χ1n) is 7.27. The molecule has 1 saturated heterocycles. The Morgan fingerprint density at radius 3 is 2.67 bits per heavy atom. The smallest absolute Gasteiger partial charge is 0.222 e. The van der Waals surface area contributed by atoms with E-state index in [1.165, 1.54) is 6.42 Å². The van der Waals surface area contributed by atoms with Gasteiger partial charge >= 0.3 is 0 Å². The van der Waals surface area contributed by atoms with Crippen LogP contribution >= 0.6 is 0 Å². The molecule has 0 bridgehead atoms. The van der Waals surface area contributed by atoms with Crippen molar-refractivity contribution in [2.75, 3.05) is 20.1 Å². The largest absolute Gasteiger partial charge is 0.341 e. The molecule has 1 heterocycles. The molecule has 1 fully saturated rings. The van der Waals surface area contributed by atoms with Crippen LogP contribution in [0.3, 0.4) is 0 Å². The fourth-order valence-corrected chi connectivity index (χ4v) is 2.98. The first-order chi connectivity index (χ1) is 8.31. The predicted molar refractivity (Wildman–Crippen MR) is 76.5 cm³/mol. The van der Waals surface area contributed by atoms with Crippen LogP contribution in [0.4, 0.5) is 0 Å². The normalized spacial score (nSPS) is 22.9. The van der Waals surface area contributed by atoms with Gasteiger partial charge in [-0.2, -0.15) is 0 Å². The highest BCUT2D eigenvalue weighted by Gasteiger charge is 2.25. The molecule has 0 radical (unpaired) electrons. The Labute approximate surface area is 112 Å². The molecular weight excluding hydrogens is 224 g/mol. The third-order valence-corrected chi connectivity index (χ3v) is 3.67. The number of carbonyl (C=O) groups excluding carboxylic acids is 1. The summed E-state index contributed by atoms with van der Waals surface area (Å²) >= 11 is 0. The van der Waals surface area contributed by atoms with Crippen LogP contribution in [0.2, 0.25) is 0 Å². The number of rotatable bonds is 4. The summed E-state index contributed by atoms with van der Waals surface area (Å²) in [5, 5.41) is 3.29. The van der Waals surface area contributed by atoms with Gasteiger partial charge < -0.3 is 10.2 Å². The van der Waals surface area contributed by atoms with E-state index < -0.39 is 0 Å². The third kappa shape index (κ3) is 5.38. The molecule has 2 atom stereocenters. The highest BCUT2D eigenvalue weighted by atomic mass is 16.2. The van der Waals surface area contributed by atoms with Crippen molar-refractivity contribution in [1.82, 2.24) is 10.2 Å². The average Bonchev–Trinajstić information content (AvgIpc) is 2.26. The maximum atomic E-state index is 12.3. The van der Waals surface area contributed by atoms with Gasteiger partial charge in [-0.1, -0.05) is 27.7 Å². The lowest BCUT2D eigenvalue weighted by atomic mass is 9.84. The number of piperidine rings is 1. The van der Waals surface area contributed by atoms with Crippen molar-refractivity contribution in [3.05, 3.63) is 0 Å². The van der Waals surface area contributed by atoms with Crippen molar-refractivity contribution >= 4 is 5.91 Å². The quantitative estimate of drug-likeness (QED) is 0.836. The van der Waals surface area contributed by atoms with E-state index in [-0.39, 0.29) is 0 Å². The molecule has 0 aromatic heterocycles. The van der Waals surface area contributed by atoms with Gasteiger partial charge in [-0.15, -0.1) is 0 Å².